The molecule has 0 atom stereocenters. The first-order valence-electron chi connectivity index (χ1n) is 10.5. The third-order valence-electron chi connectivity index (χ3n) is 5.91. The van der Waals surface area contributed by atoms with Crippen LogP contribution in [0.25, 0.3) is 11.0 Å². The molecule has 1 saturated heterocycles. The lowest BCUT2D eigenvalue weighted by atomic mass is 10.2. The first kappa shape index (κ1) is 21.4. The topological polar surface area (TPSA) is 96.6 Å². The number of carbonyl (C=O) groups is 1. The van der Waals surface area contributed by atoms with E-state index in [0.717, 1.165) is 27.6 Å². The fraction of sp³-hybridized carbons (Fsp3) is 0.429. The van der Waals surface area contributed by atoms with Crippen molar-refractivity contribution in [1.82, 2.24) is 29.8 Å². The van der Waals surface area contributed by atoms with Crippen LogP contribution < -0.4 is 4.74 Å². The molecule has 3 aromatic rings. The molecule has 5 rings (SSSR count). The standard InChI is InChI=1S/C21H22BrClN6O3/c22-18-17(4-3-16-19(18)25-26-29(16)11-13-1-2-13)32-20-14(15(23)5-6-24-20)12-27-7-9-28(10-8-27)21(30)31/h3-6,13H,1-2,7-12H2,(H,30,31). The molecule has 3 heterocycles. The van der Waals surface area contributed by atoms with Crippen LogP contribution in [0.1, 0.15) is 18.4 Å². The number of hydrogen-bond acceptors (Lipinski definition) is 6. The van der Waals surface area contributed by atoms with Crippen molar-refractivity contribution in [3.63, 3.8) is 0 Å². The van der Waals surface area contributed by atoms with Crippen LogP contribution in [0.15, 0.2) is 28.9 Å². The fourth-order valence-electron chi connectivity index (χ4n) is 3.85. The molecule has 2 aromatic heterocycles. The zero-order valence-electron chi connectivity index (χ0n) is 17.2. The maximum Gasteiger partial charge on any atom is 0.407 e. The summed E-state index contributed by atoms with van der Waals surface area (Å²) in [5.74, 6) is 1.71. The van der Waals surface area contributed by atoms with E-state index in [1.165, 1.54) is 17.7 Å². The number of carboxylic acid groups (broad SMARTS) is 1. The average Bonchev–Trinajstić information content (AvgIpc) is 3.51. The first-order chi connectivity index (χ1) is 15.5. The van der Waals surface area contributed by atoms with Gasteiger partial charge in [-0.2, -0.15) is 0 Å². The number of amides is 1. The van der Waals surface area contributed by atoms with E-state index in [2.05, 4.69) is 36.1 Å². The Morgan fingerprint density at radius 3 is 2.72 bits per heavy atom. The number of benzene rings is 1. The van der Waals surface area contributed by atoms with E-state index in [1.807, 2.05) is 16.8 Å². The van der Waals surface area contributed by atoms with Crippen molar-refractivity contribution in [2.24, 2.45) is 5.92 Å². The van der Waals surface area contributed by atoms with Crippen molar-refractivity contribution in [2.75, 3.05) is 26.2 Å². The number of hydrogen-bond donors (Lipinski definition) is 1. The van der Waals surface area contributed by atoms with Crippen molar-refractivity contribution in [3.8, 4) is 11.6 Å². The minimum Gasteiger partial charge on any atom is -0.465 e. The number of ether oxygens (including phenoxy) is 1. The number of nitrogens with zero attached hydrogens (tertiary/aromatic N) is 6. The highest BCUT2D eigenvalue weighted by molar-refractivity contribution is 9.10. The van der Waals surface area contributed by atoms with Crippen molar-refractivity contribution in [3.05, 3.63) is 39.5 Å². The van der Waals surface area contributed by atoms with Crippen LogP contribution in [-0.4, -0.2) is 67.2 Å². The van der Waals surface area contributed by atoms with E-state index < -0.39 is 6.09 Å². The summed E-state index contributed by atoms with van der Waals surface area (Å²) >= 11 is 10.1. The summed E-state index contributed by atoms with van der Waals surface area (Å²) < 4.78 is 8.85. The summed E-state index contributed by atoms with van der Waals surface area (Å²) in [5, 5.41) is 18.4. The lowest BCUT2D eigenvalue weighted by Gasteiger charge is -2.33. The molecular formula is C21H22BrClN6O3. The van der Waals surface area contributed by atoms with Gasteiger partial charge >= 0.3 is 6.09 Å². The normalized spacial score (nSPS) is 17.1. The Bertz CT molecular complexity index is 1160. The third-order valence-corrected chi connectivity index (χ3v) is 7.03. The quantitative estimate of drug-likeness (QED) is 0.518. The summed E-state index contributed by atoms with van der Waals surface area (Å²) in [6.45, 7) is 3.57. The summed E-state index contributed by atoms with van der Waals surface area (Å²) in [5.41, 5.74) is 2.48. The number of rotatable bonds is 6. The number of fused-ring (bicyclic) bond motifs is 1. The molecule has 32 heavy (non-hydrogen) atoms. The van der Waals surface area contributed by atoms with E-state index in [1.54, 1.807) is 12.3 Å². The van der Waals surface area contributed by atoms with Crippen LogP contribution >= 0.6 is 27.5 Å². The Balaban J connectivity index is 1.36. The number of pyridine rings is 1. The van der Waals surface area contributed by atoms with Gasteiger partial charge in [0.15, 0.2) is 0 Å². The van der Waals surface area contributed by atoms with E-state index in [-0.39, 0.29) is 0 Å². The minimum absolute atomic E-state index is 0.420. The molecule has 0 radical (unpaired) electrons. The van der Waals surface area contributed by atoms with Gasteiger partial charge in [-0.15, -0.1) is 5.10 Å². The Hall–Kier alpha value is -2.43. The highest BCUT2D eigenvalue weighted by Gasteiger charge is 2.25. The average molecular weight is 522 g/mol. The van der Waals surface area contributed by atoms with E-state index in [0.29, 0.717) is 55.3 Å². The van der Waals surface area contributed by atoms with Gasteiger partial charge in [-0.3, -0.25) is 4.90 Å². The molecule has 168 valence electrons. The second-order valence-electron chi connectivity index (χ2n) is 8.18. The molecule has 1 amide bonds. The minimum atomic E-state index is -0.887. The van der Waals surface area contributed by atoms with Crippen molar-refractivity contribution >= 4 is 44.7 Å². The predicted molar refractivity (Wildman–Crippen MR) is 122 cm³/mol. The third kappa shape index (κ3) is 4.39. The van der Waals surface area contributed by atoms with Crippen LogP contribution in [0.5, 0.6) is 11.6 Å². The maximum atomic E-state index is 11.2. The highest BCUT2D eigenvalue weighted by Crippen LogP contribution is 2.38. The Morgan fingerprint density at radius 2 is 2.00 bits per heavy atom. The number of piperazine rings is 1. The fourth-order valence-corrected chi connectivity index (χ4v) is 4.54. The van der Waals surface area contributed by atoms with Crippen molar-refractivity contribution in [1.29, 1.82) is 0 Å². The van der Waals surface area contributed by atoms with Gasteiger partial charge in [0.2, 0.25) is 5.88 Å². The van der Waals surface area contributed by atoms with Gasteiger partial charge in [-0.05, 0) is 52.9 Å². The van der Waals surface area contributed by atoms with Gasteiger partial charge in [0.25, 0.3) is 0 Å². The van der Waals surface area contributed by atoms with E-state index >= 15 is 0 Å². The predicted octanol–water partition coefficient (Wildman–Crippen LogP) is 4.24. The second-order valence-corrected chi connectivity index (χ2v) is 9.38. The highest BCUT2D eigenvalue weighted by atomic mass is 79.9. The van der Waals surface area contributed by atoms with Crippen LogP contribution in [-0.2, 0) is 13.1 Å². The molecule has 2 aliphatic rings. The largest absolute Gasteiger partial charge is 0.465 e. The molecule has 1 aliphatic heterocycles. The molecule has 1 aromatic carbocycles. The molecule has 1 aliphatic carbocycles. The van der Waals surface area contributed by atoms with Crippen LogP contribution in [0.4, 0.5) is 4.79 Å². The first-order valence-corrected chi connectivity index (χ1v) is 11.7. The lowest BCUT2D eigenvalue weighted by Crippen LogP contribution is -2.47. The summed E-state index contributed by atoms with van der Waals surface area (Å²) in [4.78, 5) is 19.1. The van der Waals surface area contributed by atoms with Crippen LogP contribution in [0, 0.1) is 5.92 Å². The zero-order valence-corrected chi connectivity index (χ0v) is 19.6. The van der Waals surface area contributed by atoms with Crippen LogP contribution in [0.2, 0.25) is 5.02 Å². The second kappa shape index (κ2) is 8.84. The molecule has 0 unspecified atom stereocenters. The summed E-state index contributed by atoms with van der Waals surface area (Å²) in [6, 6.07) is 5.59. The van der Waals surface area contributed by atoms with Crippen molar-refractivity contribution in [2.45, 2.75) is 25.9 Å². The molecule has 9 nitrogen and oxygen atoms in total. The lowest BCUT2D eigenvalue weighted by molar-refractivity contribution is 0.102. The Morgan fingerprint density at radius 1 is 1.22 bits per heavy atom. The molecule has 0 spiro atoms. The number of aromatic nitrogens is 4. The SMILES string of the molecule is O=C(O)N1CCN(Cc2c(Cl)ccnc2Oc2ccc3c(nnn3CC3CC3)c2Br)CC1. The molecule has 11 heteroatoms. The van der Waals surface area contributed by atoms with E-state index in [4.69, 9.17) is 21.4 Å². The Kier molecular flexibility index (Phi) is 5.92. The maximum absolute atomic E-state index is 11.2. The van der Waals surface area contributed by atoms with Gasteiger partial charge in [-0.25, -0.2) is 14.5 Å². The molecular weight excluding hydrogens is 500 g/mol. The summed E-state index contributed by atoms with van der Waals surface area (Å²) in [6.07, 6.45) is 3.22. The van der Waals surface area contributed by atoms with Gasteiger partial charge in [-0.1, -0.05) is 16.8 Å². The Labute approximate surface area is 198 Å². The molecule has 1 saturated carbocycles. The molecule has 2 fully saturated rings. The van der Waals surface area contributed by atoms with Crippen LogP contribution in [0.3, 0.4) is 0 Å². The van der Waals surface area contributed by atoms with Gasteiger partial charge in [0.05, 0.1) is 15.0 Å². The molecule has 1 N–H and O–H groups in total. The van der Waals surface area contributed by atoms with Gasteiger partial charge in [0.1, 0.15) is 11.3 Å². The van der Waals surface area contributed by atoms with Gasteiger partial charge < -0.3 is 14.7 Å². The van der Waals surface area contributed by atoms with E-state index in [9.17, 15) is 4.79 Å². The molecule has 0 bridgehead atoms. The van der Waals surface area contributed by atoms with Crippen molar-refractivity contribution < 1.29 is 14.6 Å². The smallest absolute Gasteiger partial charge is 0.407 e. The number of halogens is 2. The zero-order chi connectivity index (χ0) is 22.2. The van der Waals surface area contributed by atoms with Gasteiger partial charge in [0, 0.05) is 51.0 Å². The summed E-state index contributed by atoms with van der Waals surface area (Å²) in [7, 11) is 0. The monoisotopic (exact) mass is 520 g/mol.